The highest BCUT2D eigenvalue weighted by atomic mass is 16.5. The highest BCUT2D eigenvalue weighted by Crippen LogP contribution is 2.34. The van der Waals surface area contributed by atoms with Gasteiger partial charge in [-0.25, -0.2) is 0 Å². The Kier molecular flexibility index (Phi) is 4.57. The Morgan fingerprint density at radius 3 is 2.95 bits per heavy atom. The molecular weight excluding hydrogens is 264 g/mol. The van der Waals surface area contributed by atoms with Gasteiger partial charge in [0.2, 0.25) is 0 Å². The number of morpholine rings is 1. The van der Waals surface area contributed by atoms with E-state index in [1.807, 2.05) is 11.7 Å². The molecule has 0 aromatic carbocycles. The highest BCUT2D eigenvalue weighted by Gasteiger charge is 2.27. The minimum absolute atomic E-state index is 0.127. The van der Waals surface area contributed by atoms with Crippen LogP contribution in [-0.4, -0.2) is 40.5 Å². The van der Waals surface area contributed by atoms with Gasteiger partial charge in [0, 0.05) is 37.8 Å². The molecule has 1 aromatic rings. The Morgan fingerprint density at radius 1 is 1.38 bits per heavy atom. The van der Waals surface area contributed by atoms with Crippen LogP contribution in [0.25, 0.3) is 0 Å². The summed E-state index contributed by atoms with van der Waals surface area (Å²) in [6.07, 6.45) is 8.65. The third-order valence-electron chi connectivity index (χ3n) is 4.69. The summed E-state index contributed by atoms with van der Waals surface area (Å²) in [4.78, 5) is 2.23. The van der Waals surface area contributed by atoms with E-state index in [9.17, 15) is 5.26 Å². The van der Waals surface area contributed by atoms with E-state index in [1.54, 1.807) is 0 Å². The zero-order valence-electron chi connectivity index (χ0n) is 12.8. The minimum atomic E-state index is -0.127. The number of hydrogen-bond donors (Lipinski definition) is 0. The van der Waals surface area contributed by atoms with Crippen molar-refractivity contribution >= 4 is 0 Å². The normalized spacial score (nSPS) is 24.9. The second-order valence-corrected chi connectivity index (χ2v) is 6.24. The SMILES string of the molecule is Cn1cc(CN2CCOC[C@H]2C#N)c(C2CCCCC2)n1. The maximum atomic E-state index is 9.27. The zero-order chi connectivity index (χ0) is 14.7. The van der Waals surface area contributed by atoms with Gasteiger partial charge in [-0.2, -0.15) is 10.4 Å². The van der Waals surface area contributed by atoms with Crippen LogP contribution in [0.3, 0.4) is 0 Å². The fourth-order valence-corrected chi connectivity index (χ4v) is 3.56. The van der Waals surface area contributed by atoms with Gasteiger partial charge in [-0.1, -0.05) is 19.3 Å². The largest absolute Gasteiger partial charge is 0.377 e. The molecule has 0 radical (unpaired) electrons. The van der Waals surface area contributed by atoms with Crippen LogP contribution in [0.4, 0.5) is 0 Å². The van der Waals surface area contributed by atoms with E-state index in [0.717, 1.165) is 19.7 Å². The monoisotopic (exact) mass is 288 g/mol. The van der Waals surface area contributed by atoms with Crippen LogP contribution in [0.1, 0.15) is 49.3 Å². The topological polar surface area (TPSA) is 54.1 Å². The Balaban J connectivity index is 1.76. The summed E-state index contributed by atoms with van der Waals surface area (Å²) in [6.45, 7) is 2.89. The van der Waals surface area contributed by atoms with Gasteiger partial charge in [-0.05, 0) is 12.8 Å². The minimum Gasteiger partial charge on any atom is -0.377 e. The molecule has 0 bridgehead atoms. The number of ether oxygens (including phenoxy) is 1. The molecule has 5 nitrogen and oxygen atoms in total. The van der Waals surface area contributed by atoms with Gasteiger partial charge in [0.1, 0.15) is 6.04 Å². The molecule has 1 aliphatic heterocycles. The predicted molar refractivity (Wildman–Crippen MR) is 79.7 cm³/mol. The second-order valence-electron chi connectivity index (χ2n) is 6.24. The molecule has 1 saturated heterocycles. The zero-order valence-corrected chi connectivity index (χ0v) is 12.8. The lowest BCUT2D eigenvalue weighted by Gasteiger charge is -2.31. The van der Waals surface area contributed by atoms with E-state index in [1.165, 1.54) is 43.4 Å². The van der Waals surface area contributed by atoms with E-state index >= 15 is 0 Å². The van der Waals surface area contributed by atoms with Gasteiger partial charge in [-0.3, -0.25) is 9.58 Å². The van der Waals surface area contributed by atoms with Crippen LogP contribution >= 0.6 is 0 Å². The average molecular weight is 288 g/mol. The fraction of sp³-hybridized carbons (Fsp3) is 0.750. The molecule has 0 spiro atoms. The molecule has 2 aliphatic rings. The van der Waals surface area contributed by atoms with E-state index in [-0.39, 0.29) is 6.04 Å². The second kappa shape index (κ2) is 6.59. The number of aromatic nitrogens is 2. The average Bonchev–Trinajstić information content (AvgIpc) is 2.89. The van der Waals surface area contributed by atoms with Crippen molar-refractivity contribution in [1.29, 1.82) is 5.26 Å². The molecule has 2 heterocycles. The van der Waals surface area contributed by atoms with Crippen LogP contribution in [0, 0.1) is 11.3 Å². The summed E-state index contributed by atoms with van der Waals surface area (Å²) in [6, 6.07) is 2.23. The molecule has 0 unspecified atom stereocenters. The summed E-state index contributed by atoms with van der Waals surface area (Å²) in [7, 11) is 2.00. The summed E-state index contributed by atoms with van der Waals surface area (Å²) in [5, 5.41) is 14.0. The molecule has 0 N–H and O–H groups in total. The molecule has 2 fully saturated rings. The summed E-state index contributed by atoms with van der Waals surface area (Å²) >= 11 is 0. The van der Waals surface area contributed by atoms with Crippen molar-refractivity contribution in [3.05, 3.63) is 17.5 Å². The van der Waals surface area contributed by atoms with Crippen LogP contribution in [0.15, 0.2) is 6.20 Å². The number of aryl methyl sites for hydroxylation is 1. The van der Waals surface area contributed by atoms with E-state index in [4.69, 9.17) is 9.84 Å². The van der Waals surface area contributed by atoms with E-state index in [2.05, 4.69) is 17.2 Å². The summed E-state index contributed by atoms with van der Waals surface area (Å²) in [5.41, 5.74) is 2.56. The smallest absolute Gasteiger partial charge is 0.122 e. The Morgan fingerprint density at radius 2 is 2.19 bits per heavy atom. The molecule has 1 saturated carbocycles. The summed E-state index contributed by atoms with van der Waals surface area (Å²) in [5.74, 6) is 0.608. The summed E-state index contributed by atoms with van der Waals surface area (Å²) < 4.78 is 7.34. The van der Waals surface area contributed by atoms with Crippen molar-refractivity contribution in [2.45, 2.75) is 50.6 Å². The molecule has 21 heavy (non-hydrogen) atoms. The van der Waals surface area contributed by atoms with Gasteiger partial charge in [-0.15, -0.1) is 0 Å². The van der Waals surface area contributed by atoms with Crippen molar-refractivity contribution in [3.8, 4) is 6.07 Å². The van der Waals surface area contributed by atoms with Gasteiger partial charge in [0.05, 0.1) is 25.0 Å². The van der Waals surface area contributed by atoms with E-state index < -0.39 is 0 Å². The van der Waals surface area contributed by atoms with E-state index in [0.29, 0.717) is 12.5 Å². The van der Waals surface area contributed by atoms with Crippen LogP contribution in [0.2, 0.25) is 0 Å². The maximum absolute atomic E-state index is 9.27. The first-order chi connectivity index (χ1) is 10.3. The predicted octanol–water partition coefficient (Wildman–Crippen LogP) is 2.19. The van der Waals surface area contributed by atoms with Crippen molar-refractivity contribution in [2.24, 2.45) is 7.05 Å². The fourth-order valence-electron chi connectivity index (χ4n) is 3.56. The molecular formula is C16H24N4O. The molecule has 5 heteroatoms. The Labute approximate surface area is 126 Å². The molecule has 1 atom stereocenters. The first-order valence-electron chi connectivity index (χ1n) is 8.01. The lowest BCUT2D eigenvalue weighted by atomic mass is 9.85. The van der Waals surface area contributed by atoms with Crippen molar-refractivity contribution in [2.75, 3.05) is 19.8 Å². The maximum Gasteiger partial charge on any atom is 0.122 e. The van der Waals surface area contributed by atoms with Gasteiger partial charge >= 0.3 is 0 Å². The lowest BCUT2D eigenvalue weighted by molar-refractivity contribution is 0.00871. The Hall–Kier alpha value is -1.38. The lowest BCUT2D eigenvalue weighted by Crippen LogP contribution is -2.44. The third-order valence-corrected chi connectivity index (χ3v) is 4.69. The van der Waals surface area contributed by atoms with Crippen LogP contribution < -0.4 is 0 Å². The number of rotatable bonds is 3. The quantitative estimate of drug-likeness (QED) is 0.855. The third kappa shape index (κ3) is 3.28. The molecule has 0 amide bonds. The highest BCUT2D eigenvalue weighted by molar-refractivity contribution is 5.22. The first-order valence-corrected chi connectivity index (χ1v) is 8.01. The Bertz CT molecular complexity index is 513. The van der Waals surface area contributed by atoms with Crippen LogP contribution in [-0.2, 0) is 18.3 Å². The number of hydrogen-bond acceptors (Lipinski definition) is 4. The van der Waals surface area contributed by atoms with Crippen molar-refractivity contribution < 1.29 is 4.74 Å². The van der Waals surface area contributed by atoms with Gasteiger partial charge in [0.25, 0.3) is 0 Å². The number of nitrogens with zero attached hydrogens (tertiary/aromatic N) is 4. The molecule has 1 aliphatic carbocycles. The van der Waals surface area contributed by atoms with Crippen molar-refractivity contribution in [3.63, 3.8) is 0 Å². The van der Waals surface area contributed by atoms with Gasteiger partial charge in [0.15, 0.2) is 0 Å². The molecule has 3 rings (SSSR count). The van der Waals surface area contributed by atoms with Crippen molar-refractivity contribution in [1.82, 2.24) is 14.7 Å². The first kappa shape index (κ1) is 14.6. The standard InChI is InChI=1S/C16H24N4O/c1-19-10-14(11-20-7-8-21-12-15(20)9-17)16(18-19)13-5-3-2-4-6-13/h10,13,15H,2-8,11-12H2,1H3/t15-/m1/s1. The number of nitriles is 1. The molecule has 1 aromatic heterocycles. The van der Waals surface area contributed by atoms with Crippen LogP contribution in [0.5, 0.6) is 0 Å². The molecule has 114 valence electrons. The van der Waals surface area contributed by atoms with Gasteiger partial charge < -0.3 is 4.74 Å².